The molecule has 0 aromatic heterocycles. The summed E-state index contributed by atoms with van der Waals surface area (Å²) in [7, 11) is 0. The lowest BCUT2D eigenvalue weighted by Crippen LogP contribution is -2.10. The number of hydrogen-bond acceptors (Lipinski definition) is 2. The molecule has 0 radical (unpaired) electrons. The van der Waals surface area contributed by atoms with Crippen LogP contribution in [0.5, 0.6) is 0 Å². The maximum Gasteiger partial charge on any atom is 0.307 e. The topological polar surface area (TPSA) is 49.3 Å². The number of benzene rings is 1. The summed E-state index contributed by atoms with van der Waals surface area (Å²) < 4.78 is 0. The van der Waals surface area contributed by atoms with E-state index in [9.17, 15) is 4.79 Å². The second kappa shape index (κ2) is 4.65. The van der Waals surface area contributed by atoms with Crippen LogP contribution < -0.4 is 5.32 Å². The van der Waals surface area contributed by atoms with Gasteiger partial charge < -0.3 is 10.4 Å². The van der Waals surface area contributed by atoms with E-state index < -0.39 is 5.97 Å². The Bertz CT molecular complexity index is 321. The second-order valence-corrected chi connectivity index (χ2v) is 3.57. The highest BCUT2D eigenvalue weighted by atomic mass is 16.4. The van der Waals surface area contributed by atoms with Crippen molar-refractivity contribution in [2.45, 2.75) is 26.3 Å². The number of carboxylic acid groups (broad SMARTS) is 1. The SMILES string of the molecule is CC(C)Nc1cccc(CC(=O)O)c1. The molecular formula is C11H15NO2. The normalized spacial score (nSPS) is 10.2. The summed E-state index contributed by atoms with van der Waals surface area (Å²) in [4.78, 5) is 10.5. The van der Waals surface area contributed by atoms with Gasteiger partial charge in [0.25, 0.3) is 0 Å². The summed E-state index contributed by atoms with van der Waals surface area (Å²) in [6.45, 7) is 4.09. The van der Waals surface area contributed by atoms with Gasteiger partial charge in [0.05, 0.1) is 6.42 Å². The number of carbonyl (C=O) groups is 1. The third-order valence-corrected chi connectivity index (χ3v) is 1.74. The van der Waals surface area contributed by atoms with Crippen LogP contribution in [-0.4, -0.2) is 17.1 Å². The zero-order chi connectivity index (χ0) is 10.6. The van der Waals surface area contributed by atoms with Crippen LogP contribution >= 0.6 is 0 Å². The van der Waals surface area contributed by atoms with Crippen LogP contribution in [0, 0.1) is 0 Å². The molecule has 0 aliphatic rings. The van der Waals surface area contributed by atoms with Gasteiger partial charge in [0, 0.05) is 11.7 Å². The zero-order valence-corrected chi connectivity index (χ0v) is 8.45. The van der Waals surface area contributed by atoms with Crippen molar-refractivity contribution in [2.24, 2.45) is 0 Å². The maximum atomic E-state index is 10.5. The van der Waals surface area contributed by atoms with Gasteiger partial charge >= 0.3 is 5.97 Å². The molecule has 0 unspecified atom stereocenters. The summed E-state index contributed by atoms with van der Waals surface area (Å²) in [5.74, 6) is -0.799. The van der Waals surface area contributed by atoms with Crippen LogP contribution in [0.4, 0.5) is 5.69 Å². The average Bonchev–Trinajstić information content (AvgIpc) is 2.01. The maximum absolute atomic E-state index is 10.5. The number of nitrogens with one attached hydrogen (secondary N) is 1. The Morgan fingerprint density at radius 2 is 2.21 bits per heavy atom. The molecule has 0 atom stereocenters. The van der Waals surface area contributed by atoms with Gasteiger partial charge in [-0.25, -0.2) is 0 Å². The van der Waals surface area contributed by atoms with Crippen LogP contribution in [0.25, 0.3) is 0 Å². The van der Waals surface area contributed by atoms with Crippen molar-refractivity contribution in [1.29, 1.82) is 0 Å². The first-order chi connectivity index (χ1) is 6.58. The fourth-order valence-electron chi connectivity index (χ4n) is 1.28. The lowest BCUT2D eigenvalue weighted by atomic mass is 10.1. The number of hydrogen-bond donors (Lipinski definition) is 2. The summed E-state index contributed by atoms with van der Waals surface area (Å²) in [5.41, 5.74) is 1.79. The summed E-state index contributed by atoms with van der Waals surface area (Å²) in [5, 5.41) is 11.8. The molecule has 3 nitrogen and oxygen atoms in total. The summed E-state index contributed by atoms with van der Waals surface area (Å²) in [6.07, 6.45) is 0.0770. The van der Waals surface area contributed by atoms with Crippen LogP contribution in [0.1, 0.15) is 19.4 Å². The summed E-state index contributed by atoms with van der Waals surface area (Å²) >= 11 is 0. The highest BCUT2D eigenvalue weighted by Gasteiger charge is 2.01. The minimum Gasteiger partial charge on any atom is -0.481 e. The Labute approximate surface area is 83.8 Å². The first-order valence-electron chi connectivity index (χ1n) is 4.65. The third-order valence-electron chi connectivity index (χ3n) is 1.74. The molecule has 2 N–H and O–H groups in total. The molecule has 0 aliphatic carbocycles. The Kier molecular flexibility index (Phi) is 3.51. The molecule has 1 aromatic carbocycles. The minimum atomic E-state index is -0.799. The third kappa shape index (κ3) is 3.47. The van der Waals surface area contributed by atoms with Crippen molar-refractivity contribution in [3.8, 4) is 0 Å². The molecular weight excluding hydrogens is 178 g/mol. The van der Waals surface area contributed by atoms with Crippen molar-refractivity contribution in [3.63, 3.8) is 0 Å². The van der Waals surface area contributed by atoms with E-state index in [1.54, 1.807) is 0 Å². The molecule has 0 bridgehead atoms. The molecule has 0 spiro atoms. The molecule has 1 rings (SSSR count). The monoisotopic (exact) mass is 193 g/mol. The highest BCUT2D eigenvalue weighted by molar-refractivity contribution is 5.70. The first-order valence-corrected chi connectivity index (χ1v) is 4.65. The van der Waals surface area contributed by atoms with E-state index in [2.05, 4.69) is 5.32 Å². The van der Waals surface area contributed by atoms with Gasteiger partial charge in [0.2, 0.25) is 0 Å². The van der Waals surface area contributed by atoms with Gasteiger partial charge in [-0.05, 0) is 31.5 Å². The van der Waals surface area contributed by atoms with E-state index in [1.807, 2.05) is 38.1 Å². The molecule has 76 valence electrons. The molecule has 0 aliphatic heterocycles. The van der Waals surface area contributed by atoms with E-state index in [4.69, 9.17) is 5.11 Å². The number of rotatable bonds is 4. The van der Waals surface area contributed by atoms with E-state index in [-0.39, 0.29) is 6.42 Å². The Hall–Kier alpha value is -1.51. The predicted octanol–water partition coefficient (Wildman–Crippen LogP) is 2.13. The van der Waals surface area contributed by atoms with Gasteiger partial charge in [-0.2, -0.15) is 0 Å². The van der Waals surface area contributed by atoms with Crippen molar-refractivity contribution in [1.82, 2.24) is 0 Å². The number of carboxylic acids is 1. The lowest BCUT2D eigenvalue weighted by Gasteiger charge is -2.10. The van der Waals surface area contributed by atoms with E-state index in [1.165, 1.54) is 0 Å². The average molecular weight is 193 g/mol. The van der Waals surface area contributed by atoms with Crippen LogP contribution in [0.2, 0.25) is 0 Å². The van der Waals surface area contributed by atoms with Crippen molar-refractivity contribution in [2.75, 3.05) is 5.32 Å². The van der Waals surface area contributed by atoms with Crippen molar-refractivity contribution >= 4 is 11.7 Å². The van der Waals surface area contributed by atoms with Gasteiger partial charge in [0.1, 0.15) is 0 Å². The molecule has 0 saturated carbocycles. The Morgan fingerprint density at radius 1 is 1.50 bits per heavy atom. The highest BCUT2D eigenvalue weighted by Crippen LogP contribution is 2.12. The molecule has 14 heavy (non-hydrogen) atoms. The smallest absolute Gasteiger partial charge is 0.307 e. The van der Waals surface area contributed by atoms with Gasteiger partial charge in [0.15, 0.2) is 0 Å². The van der Waals surface area contributed by atoms with Crippen LogP contribution in [-0.2, 0) is 11.2 Å². The van der Waals surface area contributed by atoms with Gasteiger partial charge in [-0.15, -0.1) is 0 Å². The molecule has 1 aromatic rings. The molecule has 0 saturated heterocycles. The van der Waals surface area contributed by atoms with Gasteiger partial charge in [-0.3, -0.25) is 4.79 Å². The number of aliphatic carboxylic acids is 1. The van der Waals surface area contributed by atoms with E-state index in [0.717, 1.165) is 11.3 Å². The Morgan fingerprint density at radius 3 is 2.79 bits per heavy atom. The van der Waals surface area contributed by atoms with Crippen LogP contribution in [0.15, 0.2) is 24.3 Å². The van der Waals surface area contributed by atoms with Crippen molar-refractivity contribution in [3.05, 3.63) is 29.8 Å². The Balaban J connectivity index is 2.73. The number of anilines is 1. The standard InChI is InChI=1S/C11H15NO2/c1-8(2)12-10-5-3-4-9(6-10)7-11(13)14/h3-6,8,12H,7H2,1-2H3,(H,13,14). The minimum absolute atomic E-state index is 0.0770. The van der Waals surface area contributed by atoms with Crippen LogP contribution in [0.3, 0.4) is 0 Å². The van der Waals surface area contributed by atoms with Gasteiger partial charge in [-0.1, -0.05) is 12.1 Å². The molecule has 0 amide bonds. The van der Waals surface area contributed by atoms with E-state index in [0.29, 0.717) is 6.04 Å². The largest absolute Gasteiger partial charge is 0.481 e. The lowest BCUT2D eigenvalue weighted by molar-refractivity contribution is -0.136. The molecule has 0 heterocycles. The predicted molar refractivity (Wildman–Crippen MR) is 56.5 cm³/mol. The molecule has 0 fully saturated rings. The second-order valence-electron chi connectivity index (χ2n) is 3.57. The fraction of sp³-hybridized carbons (Fsp3) is 0.364. The molecule has 3 heteroatoms. The van der Waals surface area contributed by atoms with Crippen molar-refractivity contribution < 1.29 is 9.90 Å². The van der Waals surface area contributed by atoms with E-state index >= 15 is 0 Å². The summed E-state index contributed by atoms with van der Waals surface area (Å²) in [6, 6.07) is 7.84. The first kappa shape index (κ1) is 10.6. The quantitative estimate of drug-likeness (QED) is 0.770. The zero-order valence-electron chi connectivity index (χ0n) is 8.45. The fourth-order valence-corrected chi connectivity index (χ4v) is 1.28.